The fraction of sp³-hybridized carbons (Fsp3) is 0.125. The second-order valence-corrected chi connectivity index (χ2v) is 2.25. The van der Waals surface area contributed by atoms with Crippen LogP contribution in [0.15, 0.2) is 30.3 Å². The summed E-state index contributed by atoms with van der Waals surface area (Å²) in [5.41, 5.74) is 2.74. The van der Waals surface area contributed by atoms with Gasteiger partial charge < -0.3 is 4.84 Å². The molecular formula is C8H10N2O2. The number of carbonyl (C=O) groups excluding carboxylic acids is 1. The lowest BCUT2D eigenvalue weighted by Crippen LogP contribution is -2.27. The minimum absolute atomic E-state index is 0.227. The molecule has 0 atom stereocenters. The molecule has 1 aromatic carbocycles. The molecule has 64 valence electrons. The van der Waals surface area contributed by atoms with Crippen LogP contribution in [0, 0.1) is 0 Å². The number of hydrogen-bond acceptors (Lipinski definition) is 4. The summed E-state index contributed by atoms with van der Waals surface area (Å²) in [5, 5.41) is 0. The van der Waals surface area contributed by atoms with E-state index in [2.05, 4.69) is 4.84 Å². The monoisotopic (exact) mass is 166 g/mol. The molecule has 0 fully saturated rings. The zero-order chi connectivity index (χ0) is 8.81. The van der Waals surface area contributed by atoms with Crippen molar-refractivity contribution in [2.45, 2.75) is 6.42 Å². The normalized spacial score (nSPS) is 9.42. The average Bonchev–Trinajstić information content (AvgIpc) is 2.06. The number of hydrogen-bond donors (Lipinski definition) is 2. The Labute approximate surface area is 70.3 Å². The van der Waals surface area contributed by atoms with Gasteiger partial charge in [0.15, 0.2) is 0 Å². The molecule has 0 bridgehead atoms. The van der Waals surface area contributed by atoms with Gasteiger partial charge in [0.25, 0.3) is 0 Å². The van der Waals surface area contributed by atoms with E-state index in [0.717, 1.165) is 5.56 Å². The lowest BCUT2D eigenvalue weighted by Gasteiger charge is -2.00. The van der Waals surface area contributed by atoms with Crippen molar-refractivity contribution in [1.82, 2.24) is 5.59 Å². The van der Waals surface area contributed by atoms with Gasteiger partial charge in [0.05, 0.1) is 6.42 Å². The Kier molecular flexibility index (Phi) is 3.25. The molecule has 0 saturated carbocycles. The first-order chi connectivity index (χ1) is 5.83. The largest absolute Gasteiger partial charge is 0.356 e. The highest BCUT2D eigenvalue weighted by molar-refractivity contribution is 5.72. The predicted octanol–water partition coefficient (Wildman–Crippen LogP) is 0.151. The Bertz CT molecular complexity index is 248. The van der Waals surface area contributed by atoms with Crippen LogP contribution in [0.25, 0.3) is 0 Å². The van der Waals surface area contributed by atoms with Gasteiger partial charge in [0, 0.05) is 0 Å². The van der Waals surface area contributed by atoms with E-state index in [9.17, 15) is 4.79 Å². The van der Waals surface area contributed by atoms with Crippen LogP contribution in [0.1, 0.15) is 5.56 Å². The van der Waals surface area contributed by atoms with E-state index in [4.69, 9.17) is 5.84 Å². The first-order valence-electron chi connectivity index (χ1n) is 3.52. The van der Waals surface area contributed by atoms with E-state index in [1.807, 2.05) is 35.9 Å². The van der Waals surface area contributed by atoms with Gasteiger partial charge in [-0.2, -0.15) is 0 Å². The summed E-state index contributed by atoms with van der Waals surface area (Å²) in [6.45, 7) is 0. The Balaban J connectivity index is 2.47. The van der Waals surface area contributed by atoms with E-state index >= 15 is 0 Å². The van der Waals surface area contributed by atoms with Crippen molar-refractivity contribution in [3.05, 3.63) is 35.9 Å². The lowest BCUT2D eigenvalue weighted by molar-refractivity contribution is -0.150. The molecule has 4 nitrogen and oxygen atoms in total. The molecule has 0 aliphatic rings. The lowest BCUT2D eigenvalue weighted by atomic mass is 10.2. The van der Waals surface area contributed by atoms with E-state index in [-0.39, 0.29) is 6.42 Å². The molecule has 12 heavy (non-hydrogen) atoms. The van der Waals surface area contributed by atoms with Crippen LogP contribution < -0.4 is 11.4 Å². The van der Waals surface area contributed by atoms with E-state index in [1.165, 1.54) is 0 Å². The minimum atomic E-state index is -0.399. The number of benzene rings is 1. The summed E-state index contributed by atoms with van der Waals surface area (Å²) in [5.74, 6) is 4.39. The molecule has 0 aliphatic carbocycles. The maximum atomic E-state index is 10.8. The van der Waals surface area contributed by atoms with Gasteiger partial charge >= 0.3 is 5.97 Å². The van der Waals surface area contributed by atoms with Crippen LogP contribution in [-0.4, -0.2) is 5.97 Å². The molecule has 1 rings (SSSR count). The van der Waals surface area contributed by atoms with Crippen molar-refractivity contribution in [2.24, 2.45) is 5.84 Å². The molecule has 3 N–H and O–H groups in total. The van der Waals surface area contributed by atoms with Crippen LogP contribution in [0.2, 0.25) is 0 Å². The van der Waals surface area contributed by atoms with Crippen LogP contribution in [0.5, 0.6) is 0 Å². The number of nitrogens with one attached hydrogen (secondary N) is 1. The molecule has 0 unspecified atom stereocenters. The standard InChI is InChI=1S/C8H10N2O2/c9-10-12-8(11)6-7-4-2-1-3-5-7/h1-5,10H,6,9H2. The zero-order valence-electron chi connectivity index (χ0n) is 6.49. The van der Waals surface area contributed by atoms with Gasteiger partial charge in [-0.1, -0.05) is 35.9 Å². The van der Waals surface area contributed by atoms with Crippen molar-refractivity contribution in [3.8, 4) is 0 Å². The molecule has 0 saturated heterocycles. The Morgan fingerprint density at radius 3 is 2.67 bits per heavy atom. The molecule has 0 aliphatic heterocycles. The average molecular weight is 166 g/mol. The smallest absolute Gasteiger partial charge is 0.330 e. The van der Waals surface area contributed by atoms with Gasteiger partial charge in [0.2, 0.25) is 0 Å². The van der Waals surface area contributed by atoms with E-state index < -0.39 is 5.97 Å². The van der Waals surface area contributed by atoms with Gasteiger partial charge in [-0.05, 0) is 5.56 Å². The molecule has 0 amide bonds. The fourth-order valence-corrected chi connectivity index (χ4v) is 0.864. The summed E-state index contributed by atoms with van der Waals surface area (Å²) in [7, 11) is 0. The summed E-state index contributed by atoms with van der Waals surface area (Å²) in [6, 6.07) is 9.29. The van der Waals surface area contributed by atoms with Gasteiger partial charge in [-0.3, -0.25) is 0 Å². The third-order valence-corrected chi connectivity index (χ3v) is 1.36. The fourth-order valence-electron chi connectivity index (χ4n) is 0.864. The molecule has 4 heteroatoms. The number of carbonyl (C=O) groups is 1. The minimum Gasteiger partial charge on any atom is -0.356 e. The SMILES string of the molecule is NNOC(=O)Cc1ccccc1. The number of hydrazine groups is 1. The van der Waals surface area contributed by atoms with Crippen LogP contribution in [0.3, 0.4) is 0 Å². The molecule has 0 aromatic heterocycles. The van der Waals surface area contributed by atoms with Crippen molar-refractivity contribution < 1.29 is 9.63 Å². The number of rotatable bonds is 3. The summed E-state index contributed by atoms with van der Waals surface area (Å²) in [6.07, 6.45) is 0.227. The predicted molar refractivity (Wildman–Crippen MR) is 43.6 cm³/mol. The highest BCUT2D eigenvalue weighted by Gasteiger charge is 2.02. The molecule has 0 radical (unpaired) electrons. The third kappa shape index (κ3) is 2.69. The summed E-state index contributed by atoms with van der Waals surface area (Å²) in [4.78, 5) is 15.2. The quantitative estimate of drug-likeness (QED) is 0.495. The first-order valence-corrected chi connectivity index (χ1v) is 3.52. The second-order valence-electron chi connectivity index (χ2n) is 2.25. The van der Waals surface area contributed by atoms with Crippen molar-refractivity contribution in [1.29, 1.82) is 0 Å². The number of nitrogens with two attached hydrogens (primary N) is 1. The summed E-state index contributed by atoms with van der Waals surface area (Å²) >= 11 is 0. The highest BCUT2D eigenvalue weighted by Crippen LogP contribution is 1.99. The second kappa shape index (κ2) is 4.48. The first kappa shape index (κ1) is 8.70. The van der Waals surface area contributed by atoms with Gasteiger partial charge in [-0.15, -0.1) is 0 Å². The van der Waals surface area contributed by atoms with Crippen molar-refractivity contribution >= 4 is 5.97 Å². The zero-order valence-corrected chi connectivity index (χ0v) is 6.49. The Hall–Kier alpha value is -1.39. The van der Waals surface area contributed by atoms with Crippen LogP contribution in [0.4, 0.5) is 0 Å². The van der Waals surface area contributed by atoms with Crippen molar-refractivity contribution in [3.63, 3.8) is 0 Å². The summed E-state index contributed by atoms with van der Waals surface area (Å²) < 4.78 is 0. The molecule has 1 aromatic rings. The third-order valence-electron chi connectivity index (χ3n) is 1.36. The van der Waals surface area contributed by atoms with Gasteiger partial charge in [-0.25, -0.2) is 10.6 Å². The molecule has 0 heterocycles. The van der Waals surface area contributed by atoms with Crippen LogP contribution >= 0.6 is 0 Å². The molecular weight excluding hydrogens is 156 g/mol. The van der Waals surface area contributed by atoms with Crippen LogP contribution in [-0.2, 0) is 16.1 Å². The van der Waals surface area contributed by atoms with Crippen molar-refractivity contribution in [2.75, 3.05) is 0 Å². The molecule has 0 spiro atoms. The topological polar surface area (TPSA) is 64.3 Å². The van der Waals surface area contributed by atoms with Gasteiger partial charge in [0.1, 0.15) is 0 Å². The Morgan fingerprint density at radius 1 is 1.42 bits per heavy atom. The Morgan fingerprint density at radius 2 is 2.08 bits per heavy atom. The maximum absolute atomic E-state index is 10.8. The van der Waals surface area contributed by atoms with E-state index in [0.29, 0.717) is 0 Å². The van der Waals surface area contributed by atoms with E-state index in [1.54, 1.807) is 0 Å². The highest BCUT2D eigenvalue weighted by atomic mass is 16.7. The maximum Gasteiger partial charge on any atom is 0.330 e.